The average Bonchev–Trinajstić information content (AvgIpc) is 2.53. The summed E-state index contributed by atoms with van der Waals surface area (Å²) in [6.45, 7) is 0. The third-order valence-electron chi connectivity index (χ3n) is 3.37. The largest absolute Gasteiger partial charge is 0.497 e. The molecule has 0 aliphatic rings. The highest BCUT2D eigenvalue weighted by Crippen LogP contribution is 2.22. The van der Waals surface area contributed by atoms with Gasteiger partial charge in [-0.2, -0.15) is 0 Å². The van der Waals surface area contributed by atoms with Crippen molar-refractivity contribution in [2.24, 2.45) is 0 Å². The van der Waals surface area contributed by atoms with Gasteiger partial charge in [0.1, 0.15) is 5.75 Å². The Kier molecular flexibility index (Phi) is 6.57. The van der Waals surface area contributed by atoms with Crippen LogP contribution in [0.25, 0.3) is 0 Å². The van der Waals surface area contributed by atoms with Gasteiger partial charge in [-0.05, 0) is 35.9 Å². The van der Waals surface area contributed by atoms with Crippen molar-refractivity contribution in [3.8, 4) is 5.75 Å². The van der Waals surface area contributed by atoms with Crippen LogP contribution in [0.4, 0.5) is 5.69 Å². The first-order valence-corrected chi connectivity index (χ1v) is 10.1. The number of sulfonamides is 1. The first-order chi connectivity index (χ1) is 11.8. The van der Waals surface area contributed by atoms with Crippen molar-refractivity contribution in [3.63, 3.8) is 0 Å². The lowest BCUT2D eigenvalue weighted by molar-refractivity contribution is -0.116. The predicted molar refractivity (Wildman–Crippen MR) is 101 cm³/mol. The number of benzene rings is 2. The maximum Gasteiger partial charge on any atom is 0.226 e. The Morgan fingerprint density at radius 1 is 1.20 bits per heavy atom. The van der Waals surface area contributed by atoms with Crippen LogP contribution in [0.3, 0.4) is 0 Å². The van der Waals surface area contributed by atoms with Crippen LogP contribution in [0.15, 0.2) is 53.0 Å². The van der Waals surface area contributed by atoms with Gasteiger partial charge in [-0.3, -0.25) is 4.79 Å². The number of rotatable bonds is 7. The second-order valence-electron chi connectivity index (χ2n) is 5.48. The summed E-state index contributed by atoms with van der Waals surface area (Å²) in [7, 11) is -1.93. The van der Waals surface area contributed by atoms with Crippen molar-refractivity contribution >= 4 is 37.5 Å². The summed E-state index contributed by atoms with van der Waals surface area (Å²) >= 11 is 3.34. The van der Waals surface area contributed by atoms with Crippen LogP contribution < -0.4 is 14.8 Å². The molecule has 0 aliphatic heterocycles. The summed E-state index contributed by atoms with van der Waals surface area (Å²) in [5.74, 6) is 0.357. The SMILES string of the molecule is COc1ccc([C@@H](CC(=O)Nc2cccc(Br)c2)NS(C)(=O)=O)cc1. The lowest BCUT2D eigenvalue weighted by Crippen LogP contribution is -2.30. The zero-order valence-electron chi connectivity index (χ0n) is 13.8. The third-order valence-corrected chi connectivity index (χ3v) is 4.58. The third kappa shape index (κ3) is 6.49. The summed E-state index contributed by atoms with van der Waals surface area (Å²) in [5, 5.41) is 2.76. The number of amides is 1. The summed E-state index contributed by atoms with van der Waals surface area (Å²) in [6.07, 6.45) is 1.03. The van der Waals surface area contributed by atoms with Crippen molar-refractivity contribution in [2.75, 3.05) is 18.7 Å². The Hall–Kier alpha value is -1.90. The van der Waals surface area contributed by atoms with E-state index in [1.807, 2.05) is 6.07 Å². The van der Waals surface area contributed by atoms with E-state index in [9.17, 15) is 13.2 Å². The molecular weight excluding hydrogens is 408 g/mol. The highest BCUT2D eigenvalue weighted by Gasteiger charge is 2.20. The standard InChI is InChI=1S/C17H19BrN2O4S/c1-24-15-8-6-12(7-9-15)16(20-25(2,22)23)11-17(21)19-14-5-3-4-13(18)10-14/h3-10,16,20H,11H2,1-2H3,(H,19,21)/t16-/m1/s1. The minimum Gasteiger partial charge on any atom is -0.497 e. The maximum absolute atomic E-state index is 12.3. The molecule has 0 bridgehead atoms. The molecule has 0 saturated heterocycles. The van der Waals surface area contributed by atoms with Gasteiger partial charge in [-0.25, -0.2) is 13.1 Å². The zero-order chi connectivity index (χ0) is 18.4. The molecule has 0 aliphatic carbocycles. The van der Waals surface area contributed by atoms with Gasteiger partial charge in [0, 0.05) is 16.6 Å². The van der Waals surface area contributed by atoms with Gasteiger partial charge >= 0.3 is 0 Å². The Morgan fingerprint density at radius 2 is 1.88 bits per heavy atom. The van der Waals surface area contributed by atoms with E-state index in [0.29, 0.717) is 17.0 Å². The minimum atomic E-state index is -3.48. The van der Waals surface area contributed by atoms with Crippen LogP contribution in [0.1, 0.15) is 18.0 Å². The van der Waals surface area contributed by atoms with Crippen LogP contribution in [-0.2, 0) is 14.8 Å². The van der Waals surface area contributed by atoms with Gasteiger partial charge in [0.05, 0.1) is 19.4 Å². The second kappa shape index (κ2) is 8.46. The molecule has 2 rings (SSSR count). The fourth-order valence-electron chi connectivity index (χ4n) is 2.29. The number of halogens is 1. The Bertz CT molecular complexity index is 838. The molecule has 0 spiro atoms. The minimum absolute atomic E-state index is 0.0358. The smallest absolute Gasteiger partial charge is 0.226 e. The molecule has 0 saturated carbocycles. The number of nitrogens with one attached hydrogen (secondary N) is 2. The molecule has 1 atom stereocenters. The average molecular weight is 427 g/mol. The quantitative estimate of drug-likeness (QED) is 0.712. The number of carbonyl (C=O) groups is 1. The number of anilines is 1. The van der Waals surface area contributed by atoms with Crippen LogP contribution in [0.5, 0.6) is 5.75 Å². The summed E-state index contributed by atoms with van der Waals surface area (Å²) < 4.78 is 31.7. The molecule has 134 valence electrons. The normalized spacial score (nSPS) is 12.4. The zero-order valence-corrected chi connectivity index (χ0v) is 16.2. The molecule has 0 aromatic heterocycles. The van der Waals surface area contributed by atoms with Gasteiger partial charge in [-0.15, -0.1) is 0 Å². The van der Waals surface area contributed by atoms with Gasteiger partial charge < -0.3 is 10.1 Å². The number of hydrogen-bond donors (Lipinski definition) is 2. The van der Waals surface area contributed by atoms with Gasteiger partial charge in [0.25, 0.3) is 0 Å². The Balaban J connectivity index is 2.15. The predicted octanol–water partition coefficient (Wildman–Crippen LogP) is 3.08. The monoisotopic (exact) mass is 426 g/mol. The molecule has 25 heavy (non-hydrogen) atoms. The molecule has 1 amide bonds. The molecule has 0 heterocycles. The van der Waals surface area contributed by atoms with E-state index in [1.165, 1.54) is 0 Å². The summed E-state index contributed by atoms with van der Waals surface area (Å²) in [5.41, 5.74) is 1.31. The molecule has 8 heteroatoms. The van der Waals surface area contributed by atoms with E-state index in [0.717, 1.165) is 10.7 Å². The highest BCUT2D eigenvalue weighted by atomic mass is 79.9. The maximum atomic E-state index is 12.3. The lowest BCUT2D eigenvalue weighted by atomic mass is 10.0. The number of carbonyl (C=O) groups excluding carboxylic acids is 1. The first-order valence-electron chi connectivity index (χ1n) is 7.43. The molecule has 0 fully saturated rings. The Morgan fingerprint density at radius 3 is 2.44 bits per heavy atom. The van der Waals surface area contributed by atoms with E-state index < -0.39 is 16.1 Å². The lowest BCUT2D eigenvalue weighted by Gasteiger charge is -2.18. The van der Waals surface area contributed by atoms with E-state index in [1.54, 1.807) is 49.6 Å². The molecule has 0 radical (unpaired) electrons. The van der Waals surface area contributed by atoms with Gasteiger partial charge in [0.15, 0.2) is 0 Å². The number of methoxy groups -OCH3 is 1. The van der Waals surface area contributed by atoms with E-state index in [4.69, 9.17) is 4.74 Å². The van der Waals surface area contributed by atoms with Crippen LogP contribution >= 0.6 is 15.9 Å². The van der Waals surface area contributed by atoms with E-state index in [2.05, 4.69) is 26.0 Å². The fraction of sp³-hybridized carbons (Fsp3) is 0.235. The van der Waals surface area contributed by atoms with Crippen LogP contribution in [0, 0.1) is 0 Å². The van der Waals surface area contributed by atoms with Crippen molar-refractivity contribution in [1.82, 2.24) is 4.72 Å². The molecule has 0 unspecified atom stereocenters. The van der Waals surface area contributed by atoms with Crippen molar-refractivity contribution in [3.05, 3.63) is 58.6 Å². The molecule has 2 aromatic carbocycles. The number of ether oxygens (including phenoxy) is 1. The van der Waals surface area contributed by atoms with Crippen molar-refractivity contribution < 1.29 is 17.9 Å². The van der Waals surface area contributed by atoms with Crippen LogP contribution in [-0.4, -0.2) is 27.7 Å². The number of hydrogen-bond acceptors (Lipinski definition) is 4. The van der Waals surface area contributed by atoms with Crippen molar-refractivity contribution in [2.45, 2.75) is 12.5 Å². The van der Waals surface area contributed by atoms with Crippen LogP contribution in [0.2, 0.25) is 0 Å². The second-order valence-corrected chi connectivity index (χ2v) is 8.17. The van der Waals surface area contributed by atoms with Gasteiger partial charge in [-0.1, -0.05) is 34.1 Å². The molecule has 2 N–H and O–H groups in total. The molecule has 6 nitrogen and oxygen atoms in total. The highest BCUT2D eigenvalue weighted by molar-refractivity contribution is 9.10. The molecular formula is C17H19BrN2O4S. The summed E-state index contributed by atoms with van der Waals surface area (Å²) in [6, 6.07) is 13.4. The molecule has 2 aromatic rings. The first kappa shape index (κ1) is 19.4. The van der Waals surface area contributed by atoms with Gasteiger partial charge in [0.2, 0.25) is 15.9 Å². The Labute approximate surface area is 155 Å². The fourth-order valence-corrected chi connectivity index (χ4v) is 3.42. The van der Waals surface area contributed by atoms with E-state index >= 15 is 0 Å². The summed E-state index contributed by atoms with van der Waals surface area (Å²) in [4.78, 5) is 12.3. The topological polar surface area (TPSA) is 84.5 Å². The van der Waals surface area contributed by atoms with E-state index in [-0.39, 0.29) is 12.3 Å². The van der Waals surface area contributed by atoms with Crippen molar-refractivity contribution in [1.29, 1.82) is 0 Å².